The minimum atomic E-state index is -3.90. The fourth-order valence-corrected chi connectivity index (χ4v) is 7.60. The second kappa shape index (κ2) is 14.7. The van der Waals surface area contributed by atoms with Gasteiger partial charge in [0.2, 0.25) is 0 Å². The molecule has 7 nitrogen and oxygen atoms in total. The molecule has 0 spiro atoms. The first-order chi connectivity index (χ1) is 23.6. The second-order valence-corrected chi connectivity index (χ2v) is 13.6. The summed E-state index contributed by atoms with van der Waals surface area (Å²) in [4.78, 5) is 0.206. The van der Waals surface area contributed by atoms with Gasteiger partial charge in [-0.1, -0.05) is 127 Å². The number of hydrogen-bond donors (Lipinski definition) is 0. The molecule has 48 heavy (non-hydrogen) atoms. The maximum Gasteiger partial charge on any atom is 0.268 e. The van der Waals surface area contributed by atoms with E-state index in [9.17, 15) is 8.42 Å². The van der Waals surface area contributed by atoms with Crippen LogP contribution in [0.2, 0.25) is 0 Å². The van der Waals surface area contributed by atoms with Crippen molar-refractivity contribution >= 4 is 20.9 Å². The van der Waals surface area contributed by atoms with E-state index in [1.54, 1.807) is 36.5 Å². The van der Waals surface area contributed by atoms with Gasteiger partial charge in [0.15, 0.2) is 0 Å². The smallest absolute Gasteiger partial charge is 0.268 e. The molecule has 8 heteroatoms. The molecule has 6 aromatic rings. The standard InChI is InChI=1S/C40H37NO6S/c42-48(43,33-21-11-4-12-22-33)41-25-35(34-23-13-14-24-36(34)41)38-40(46-28-32-19-9-3-10-20-32)39(45-27-31-17-7-2-8-18-31)37(47-38)29-44-26-30-15-5-1-6-16-30/h1-25,37-40H,26-29H2/t37-,38+,39-,40+/m1/s1. The molecule has 7 rings (SSSR count). The highest BCUT2D eigenvalue weighted by atomic mass is 32.2. The Balaban J connectivity index is 1.27. The highest BCUT2D eigenvalue weighted by Crippen LogP contribution is 2.42. The highest BCUT2D eigenvalue weighted by molar-refractivity contribution is 7.90. The van der Waals surface area contributed by atoms with E-state index in [2.05, 4.69) is 0 Å². The molecule has 0 aliphatic carbocycles. The van der Waals surface area contributed by atoms with E-state index < -0.39 is 34.4 Å². The Hall–Kier alpha value is -4.57. The molecule has 1 saturated heterocycles. The van der Waals surface area contributed by atoms with Crippen molar-refractivity contribution in [2.45, 2.75) is 49.1 Å². The number of rotatable bonds is 13. The van der Waals surface area contributed by atoms with Crippen molar-refractivity contribution in [3.8, 4) is 0 Å². The SMILES string of the molecule is O=S(=O)(c1ccccc1)n1cc([C@@H]2O[C@H](COCc3ccccc3)[C@@H](OCc3ccccc3)[C@H]2OCc2ccccc2)c2ccccc21. The van der Waals surface area contributed by atoms with Gasteiger partial charge in [-0.25, -0.2) is 12.4 Å². The van der Waals surface area contributed by atoms with Crippen molar-refractivity contribution in [3.63, 3.8) is 0 Å². The highest BCUT2D eigenvalue weighted by Gasteiger charge is 2.48. The fourth-order valence-electron chi connectivity index (χ4n) is 6.20. The predicted molar refractivity (Wildman–Crippen MR) is 185 cm³/mol. The first kappa shape index (κ1) is 32.0. The number of ether oxygens (including phenoxy) is 4. The number of benzene rings is 5. The van der Waals surface area contributed by atoms with Gasteiger partial charge in [-0.3, -0.25) is 0 Å². The van der Waals surface area contributed by atoms with E-state index in [4.69, 9.17) is 18.9 Å². The van der Waals surface area contributed by atoms with E-state index in [1.807, 2.05) is 115 Å². The molecule has 0 amide bonds. The third-order valence-electron chi connectivity index (χ3n) is 8.59. The maximum absolute atomic E-state index is 14.0. The quantitative estimate of drug-likeness (QED) is 0.127. The first-order valence-corrected chi connectivity index (χ1v) is 17.5. The third-order valence-corrected chi connectivity index (χ3v) is 10.3. The summed E-state index contributed by atoms with van der Waals surface area (Å²) in [5.74, 6) is 0. The lowest BCUT2D eigenvalue weighted by molar-refractivity contribution is -0.0898. The van der Waals surface area contributed by atoms with E-state index in [1.165, 1.54) is 3.97 Å². The Morgan fingerprint density at radius 3 is 1.69 bits per heavy atom. The van der Waals surface area contributed by atoms with Gasteiger partial charge in [0.05, 0.1) is 36.8 Å². The molecule has 1 fully saturated rings. The average Bonchev–Trinajstić information content (AvgIpc) is 3.70. The van der Waals surface area contributed by atoms with Crippen LogP contribution in [-0.2, 0) is 48.8 Å². The van der Waals surface area contributed by atoms with Gasteiger partial charge >= 0.3 is 0 Å². The zero-order valence-electron chi connectivity index (χ0n) is 26.4. The van der Waals surface area contributed by atoms with Crippen molar-refractivity contribution < 1.29 is 27.4 Å². The molecule has 5 aromatic carbocycles. The molecule has 0 radical (unpaired) electrons. The molecule has 0 N–H and O–H groups in total. The van der Waals surface area contributed by atoms with Gasteiger partial charge in [-0.2, -0.15) is 0 Å². The van der Waals surface area contributed by atoms with Crippen molar-refractivity contribution in [3.05, 3.63) is 174 Å². The van der Waals surface area contributed by atoms with Crippen molar-refractivity contribution in [1.82, 2.24) is 3.97 Å². The summed E-state index contributed by atoms with van der Waals surface area (Å²) in [6, 6.07) is 45.9. The predicted octanol–water partition coefficient (Wildman–Crippen LogP) is 7.71. The second-order valence-electron chi connectivity index (χ2n) is 11.8. The lowest BCUT2D eigenvalue weighted by Gasteiger charge is -2.25. The fraction of sp³-hybridized carbons (Fsp3) is 0.200. The van der Waals surface area contributed by atoms with E-state index in [0.29, 0.717) is 30.9 Å². The van der Waals surface area contributed by atoms with E-state index >= 15 is 0 Å². The summed E-state index contributed by atoms with van der Waals surface area (Å²) in [6.07, 6.45) is -0.536. The largest absolute Gasteiger partial charge is 0.374 e. The molecular formula is C40H37NO6S. The minimum absolute atomic E-state index is 0.206. The summed E-state index contributed by atoms with van der Waals surface area (Å²) >= 11 is 0. The number of para-hydroxylation sites is 1. The number of aromatic nitrogens is 1. The van der Waals surface area contributed by atoms with Crippen LogP contribution in [0.4, 0.5) is 0 Å². The summed E-state index contributed by atoms with van der Waals surface area (Å²) in [7, 11) is -3.90. The van der Waals surface area contributed by atoms with Gasteiger partial charge in [-0.05, 0) is 34.9 Å². The van der Waals surface area contributed by atoms with Crippen LogP contribution in [0, 0.1) is 0 Å². The zero-order valence-corrected chi connectivity index (χ0v) is 27.2. The van der Waals surface area contributed by atoms with Crippen LogP contribution in [0.5, 0.6) is 0 Å². The molecule has 0 saturated carbocycles. The summed E-state index contributed by atoms with van der Waals surface area (Å²) in [5.41, 5.74) is 4.36. The van der Waals surface area contributed by atoms with E-state index in [0.717, 1.165) is 22.1 Å². The Morgan fingerprint density at radius 1 is 0.583 bits per heavy atom. The molecule has 0 bridgehead atoms. The Labute approximate surface area is 281 Å². The molecule has 2 heterocycles. The van der Waals surface area contributed by atoms with Gasteiger partial charge < -0.3 is 18.9 Å². The molecule has 0 unspecified atom stereocenters. The number of nitrogens with zero attached hydrogens (tertiary/aromatic N) is 1. The van der Waals surface area contributed by atoms with E-state index in [-0.39, 0.29) is 11.5 Å². The summed E-state index contributed by atoms with van der Waals surface area (Å²) in [5, 5.41) is 0.767. The molecule has 1 aliphatic rings. The summed E-state index contributed by atoms with van der Waals surface area (Å²) in [6.45, 7) is 1.36. The van der Waals surface area contributed by atoms with Crippen LogP contribution >= 0.6 is 0 Å². The van der Waals surface area contributed by atoms with Crippen LogP contribution in [0.15, 0.2) is 157 Å². The minimum Gasteiger partial charge on any atom is -0.374 e. The zero-order chi connectivity index (χ0) is 32.8. The van der Waals surface area contributed by atoms with Crippen molar-refractivity contribution in [1.29, 1.82) is 0 Å². The van der Waals surface area contributed by atoms with Crippen LogP contribution in [-0.4, -0.2) is 37.3 Å². The van der Waals surface area contributed by atoms with Gasteiger partial charge in [-0.15, -0.1) is 0 Å². The van der Waals surface area contributed by atoms with Crippen molar-refractivity contribution in [2.24, 2.45) is 0 Å². The Kier molecular flexibility index (Phi) is 9.79. The van der Waals surface area contributed by atoms with Crippen molar-refractivity contribution in [2.75, 3.05) is 6.61 Å². The van der Waals surface area contributed by atoms with Crippen LogP contribution in [0.25, 0.3) is 10.9 Å². The third kappa shape index (κ3) is 6.99. The lowest BCUT2D eigenvalue weighted by atomic mass is 10.00. The molecule has 1 aliphatic heterocycles. The topological polar surface area (TPSA) is 76.0 Å². The molecule has 4 atom stereocenters. The van der Waals surface area contributed by atoms with Crippen LogP contribution < -0.4 is 0 Å². The lowest BCUT2D eigenvalue weighted by Crippen LogP contribution is -2.37. The molecule has 244 valence electrons. The van der Waals surface area contributed by atoms with Gasteiger partial charge in [0, 0.05) is 17.1 Å². The normalized spacial score (nSPS) is 19.5. The maximum atomic E-state index is 14.0. The van der Waals surface area contributed by atoms with Crippen LogP contribution in [0.3, 0.4) is 0 Å². The number of hydrogen-bond acceptors (Lipinski definition) is 6. The van der Waals surface area contributed by atoms with Gasteiger partial charge in [0.1, 0.15) is 24.4 Å². The molecular weight excluding hydrogens is 623 g/mol. The summed E-state index contributed by atoms with van der Waals surface area (Å²) < 4.78 is 55.8. The number of fused-ring (bicyclic) bond motifs is 1. The molecule has 1 aromatic heterocycles. The monoisotopic (exact) mass is 659 g/mol. The Bertz CT molecular complexity index is 2020. The van der Waals surface area contributed by atoms with Crippen LogP contribution in [0.1, 0.15) is 28.4 Å². The average molecular weight is 660 g/mol. The van der Waals surface area contributed by atoms with Gasteiger partial charge in [0.25, 0.3) is 10.0 Å². The first-order valence-electron chi connectivity index (χ1n) is 16.1. The Morgan fingerprint density at radius 2 is 1.08 bits per heavy atom.